The average molecular weight is 440 g/mol. The fourth-order valence-corrected chi connectivity index (χ4v) is 4.17. The summed E-state index contributed by atoms with van der Waals surface area (Å²) in [6, 6.07) is 21.1. The van der Waals surface area contributed by atoms with Crippen LogP contribution in [-0.2, 0) is 6.54 Å². The van der Waals surface area contributed by atoms with Gasteiger partial charge in [-0.25, -0.2) is 0 Å². The Labute approximate surface area is 192 Å². The lowest BCUT2D eigenvalue weighted by Gasteiger charge is -2.36. The van der Waals surface area contributed by atoms with E-state index in [4.69, 9.17) is 0 Å². The van der Waals surface area contributed by atoms with Crippen LogP contribution in [0.25, 0.3) is 5.52 Å². The third kappa shape index (κ3) is 4.43. The van der Waals surface area contributed by atoms with Gasteiger partial charge >= 0.3 is 0 Å². The van der Waals surface area contributed by atoms with Crippen molar-refractivity contribution in [2.45, 2.75) is 6.54 Å². The van der Waals surface area contributed by atoms with Crippen LogP contribution in [0.15, 0.2) is 85.3 Å². The number of piperazine rings is 1. The Bertz CT molecular complexity index is 1260. The standard InChI is InChI=1S/C26H25N5O2/c32-25(28-18-20-5-4-12-27-17-20)22-8-9-23-10-11-24(31(23)19-22)29-13-15-30(16-14-29)26(33)21-6-2-1-3-7-21/h1-12,17,19H,13-16,18H2,(H,28,32). The molecule has 0 spiro atoms. The normalized spacial score (nSPS) is 13.8. The largest absolute Gasteiger partial charge is 0.354 e. The van der Waals surface area contributed by atoms with Crippen LogP contribution in [0.5, 0.6) is 0 Å². The summed E-state index contributed by atoms with van der Waals surface area (Å²) in [6.07, 6.45) is 5.34. The average Bonchev–Trinajstić information content (AvgIpc) is 3.31. The first-order chi connectivity index (χ1) is 16.2. The molecule has 7 heteroatoms. The van der Waals surface area contributed by atoms with Gasteiger partial charge in [-0.3, -0.25) is 14.6 Å². The van der Waals surface area contributed by atoms with E-state index < -0.39 is 0 Å². The van der Waals surface area contributed by atoms with Gasteiger partial charge < -0.3 is 19.5 Å². The molecule has 0 saturated carbocycles. The van der Waals surface area contributed by atoms with Crippen molar-refractivity contribution in [2.24, 2.45) is 0 Å². The molecule has 2 amide bonds. The van der Waals surface area contributed by atoms with Gasteiger partial charge in [0.25, 0.3) is 11.8 Å². The smallest absolute Gasteiger partial charge is 0.253 e. The molecule has 0 atom stereocenters. The molecular formula is C26H25N5O2. The zero-order chi connectivity index (χ0) is 22.6. The minimum atomic E-state index is -0.126. The fourth-order valence-electron chi connectivity index (χ4n) is 4.17. The topological polar surface area (TPSA) is 70.0 Å². The summed E-state index contributed by atoms with van der Waals surface area (Å²) < 4.78 is 2.05. The molecule has 0 radical (unpaired) electrons. The molecule has 1 aromatic carbocycles. The van der Waals surface area contributed by atoms with Gasteiger partial charge in [0.05, 0.1) is 5.56 Å². The van der Waals surface area contributed by atoms with Crippen molar-refractivity contribution in [2.75, 3.05) is 31.1 Å². The molecule has 5 rings (SSSR count). The maximum Gasteiger partial charge on any atom is 0.253 e. The summed E-state index contributed by atoms with van der Waals surface area (Å²) in [5.41, 5.74) is 3.30. The number of fused-ring (bicyclic) bond motifs is 1. The Hall–Kier alpha value is -4.13. The predicted octanol–water partition coefficient (Wildman–Crippen LogP) is 3.23. The van der Waals surface area contributed by atoms with Crippen LogP contribution in [-0.4, -0.2) is 52.3 Å². The maximum absolute atomic E-state index is 12.7. The molecule has 0 bridgehead atoms. The molecule has 1 saturated heterocycles. The molecule has 1 N–H and O–H groups in total. The van der Waals surface area contributed by atoms with Crippen LogP contribution < -0.4 is 10.2 Å². The van der Waals surface area contributed by atoms with Crippen molar-refractivity contribution in [3.8, 4) is 0 Å². The van der Waals surface area contributed by atoms with Crippen molar-refractivity contribution >= 4 is 23.1 Å². The van der Waals surface area contributed by atoms with Crippen molar-refractivity contribution in [1.29, 1.82) is 0 Å². The number of benzene rings is 1. The van der Waals surface area contributed by atoms with Crippen molar-refractivity contribution in [3.63, 3.8) is 0 Å². The number of nitrogens with zero attached hydrogens (tertiary/aromatic N) is 4. The van der Waals surface area contributed by atoms with Gasteiger partial charge in [-0.2, -0.15) is 0 Å². The number of hydrogen-bond donors (Lipinski definition) is 1. The molecule has 166 valence electrons. The lowest BCUT2D eigenvalue weighted by Crippen LogP contribution is -2.49. The van der Waals surface area contributed by atoms with Crippen LogP contribution >= 0.6 is 0 Å². The van der Waals surface area contributed by atoms with E-state index >= 15 is 0 Å². The van der Waals surface area contributed by atoms with E-state index in [1.165, 1.54) is 0 Å². The predicted molar refractivity (Wildman–Crippen MR) is 127 cm³/mol. The number of carbonyl (C=O) groups is 2. The highest BCUT2D eigenvalue weighted by Gasteiger charge is 2.23. The van der Waals surface area contributed by atoms with E-state index in [1.54, 1.807) is 12.4 Å². The van der Waals surface area contributed by atoms with Crippen LogP contribution in [0.2, 0.25) is 0 Å². The zero-order valence-electron chi connectivity index (χ0n) is 18.2. The second-order valence-electron chi connectivity index (χ2n) is 8.09. The van der Waals surface area contributed by atoms with Crippen molar-refractivity contribution in [3.05, 3.63) is 102 Å². The lowest BCUT2D eigenvalue weighted by molar-refractivity contribution is 0.0746. The second kappa shape index (κ2) is 9.16. The molecule has 1 aliphatic heterocycles. The summed E-state index contributed by atoms with van der Waals surface area (Å²) in [4.78, 5) is 33.7. The Morgan fingerprint density at radius 2 is 1.64 bits per heavy atom. The lowest BCUT2D eigenvalue weighted by atomic mass is 10.2. The summed E-state index contributed by atoms with van der Waals surface area (Å²) in [6.45, 7) is 3.23. The highest BCUT2D eigenvalue weighted by Crippen LogP contribution is 2.22. The van der Waals surface area contributed by atoms with Crippen LogP contribution in [0, 0.1) is 0 Å². The number of nitrogens with one attached hydrogen (secondary N) is 1. The van der Waals surface area contributed by atoms with E-state index in [9.17, 15) is 9.59 Å². The first-order valence-electron chi connectivity index (χ1n) is 11.1. The first kappa shape index (κ1) is 20.8. The highest BCUT2D eigenvalue weighted by molar-refractivity contribution is 5.95. The third-order valence-corrected chi connectivity index (χ3v) is 5.98. The molecule has 3 aromatic heterocycles. The summed E-state index contributed by atoms with van der Waals surface area (Å²) in [5.74, 6) is 0.972. The maximum atomic E-state index is 12.7. The fraction of sp³-hybridized carbons (Fsp3) is 0.192. The molecule has 33 heavy (non-hydrogen) atoms. The van der Waals surface area contributed by atoms with Crippen LogP contribution in [0.1, 0.15) is 26.3 Å². The number of rotatable bonds is 5. The molecule has 0 unspecified atom stereocenters. The zero-order valence-corrected chi connectivity index (χ0v) is 18.2. The molecule has 0 aliphatic carbocycles. The number of amides is 2. The summed E-state index contributed by atoms with van der Waals surface area (Å²) in [7, 11) is 0. The number of carbonyl (C=O) groups excluding carboxylic acids is 2. The van der Waals surface area contributed by atoms with Gasteiger partial charge in [0, 0.05) is 62.4 Å². The SMILES string of the molecule is O=C(NCc1cccnc1)c1ccc2ccc(N3CCN(C(=O)c4ccccc4)CC3)n2c1. The Morgan fingerprint density at radius 1 is 0.848 bits per heavy atom. The highest BCUT2D eigenvalue weighted by atomic mass is 16.2. The molecule has 4 aromatic rings. The molecule has 4 heterocycles. The number of hydrogen-bond acceptors (Lipinski definition) is 4. The Morgan fingerprint density at radius 3 is 2.39 bits per heavy atom. The minimum absolute atomic E-state index is 0.0721. The number of anilines is 1. The van der Waals surface area contributed by atoms with E-state index in [0.717, 1.165) is 35.6 Å². The quantitative estimate of drug-likeness (QED) is 0.518. The van der Waals surface area contributed by atoms with Gasteiger partial charge in [-0.05, 0) is 48.0 Å². The molecular weight excluding hydrogens is 414 g/mol. The summed E-state index contributed by atoms with van der Waals surface area (Å²) >= 11 is 0. The van der Waals surface area contributed by atoms with E-state index in [-0.39, 0.29) is 11.8 Å². The molecule has 1 fully saturated rings. The first-order valence-corrected chi connectivity index (χ1v) is 11.1. The van der Waals surface area contributed by atoms with Crippen LogP contribution in [0.3, 0.4) is 0 Å². The van der Waals surface area contributed by atoms with Gasteiger partial charge in [0.1, 0.15) is 5.82 Å². The van der Waals surface area contributed by atoms with Crippen LogP contribution in [0.4, 0.5) is 5.82 Å². The third-order valence-electron chi connectivity index (χ3n) is 5.98. The minimum Gasteiger partial charge on any atom is -0.354 e. The summed E-state index contributed by atoms with van der Waals surface area (Å²) in [5, 5.41) is 2.95. The monoisotopic (exact) mass is 439 g/mol. The van der Waals surface area contributed by atoms with E-state index in [2.05, 4.69) is 21.3 Å². The van der Waals surface area contributed by atoms with Crippen molar-refractivity contribution < 1.29 is 9.59 Å². The van der Waals surface area contributed by atoms with E-state index in [0.29, 0.717) is 25.2 Å². The van der Waals surface area contributed by atoms with E-state index in [1.807, 2.05) is 76.2 Å². The molecule has 7 nitrogen and oxygen atoms in total. The van der Waals surface area contributed by atoms with Gasteiger partial charge in [-0.1, -0.05) is 24.3 Å². The molecule has 1 aliphatic rings. The van der Waals surface area contributed by atoms with Gasteiger partial charge in [0.15, 0.2) is 0 Å². The number of pyridine rings is 2. The number of aromatic nitrogens is 2. The second-order valence-corrected chi connectivity index (χ2v) is 8.09. The van der Waals surface area contributed by atoms with Gasteiger partial charge in [-0.15, -0.1) is 0 Å². The Balaban J connectivity index is 1.27. The Kier molecular flexibility index (Phi) is 5.76. The van der Waals surface area contributed by atoms with Gasteiger partial charge in [0.2, 0.25) is 0 Å². The van der Waals surface area contributed by atoms with Crippen molar-refractivity contribution in [1.82, 2.24) is 19.6 Å².